The Morgan fingerprint density at radius 2 is 2.07 bits per heavy atom. The molecule has 1 amide bonds. The molecule has 146 valence electrons. The monoisotopic (exact) mass is 421 g/mol. The van der Waals surface area contributed by atoms with E-state index in [-0.39, 0.29) is 10.9 Å². The van der Waals surface area contributed by atoms with E-state index >= 15 is 0 Å². The van der Waals surface area contributed by atoms with Crippen LogP contribution >= 0.6 is 23.4 Å². The lowest BCUT2D eigenvalue weighted by atomic mass is 10.2. The molecule has 1 aromatic heterocycles. The second-order valence-electron chi connectivity index (χ2n) is 5.85. The number of aromatic nitrogens is 4. The highest BCUT2D eigenvalue weighted by Gasteiger charge is 2.19. The number of tetrazole rings is 1. The molecule has 0 bridgehead atoms. The van der Waals surface area contributed by atoms with Gasteiger partial charge in [-0.15, -0.1) is 5.10 Å². The van der Waals surface area contributed by atoms with Crippen LogP contribution in [0.2, 0.25) is 5.02 Å². The summed E-state index contributed by atoms with van der Waals surface area (Å²) in [6.45, 7) is 2.19. The van der Waals surface area contributed by atoms with Crippen LogP contribution < -0.4 is 10.1 Å². The number of hydrogen-bond acceptors (Lipinski definition) is 6. The van der Waals surface area contributed by atoms with Gasteiger partial charge in [0, 0.05) is 5.69 Å². The van der Waals surface area contributed by atoms with Gasteiger partial charge in [0.05, 0.1) is 23.9 Å². The zero-order chi connectivity index (χ0) is 20.1. The second-order valence-corrected chi connectivity index (χ2v) is 7.56. The highest BCUT2D eigenvalue weighted by molar-refractivity contribution is 8.00. The van der Waals surface area contributed by atoms with Crippen molar-refractivity contribution in [3.05, 3.63) is 58.9 Å². The fourth-order valence-electron chi connectivity index (χ4n) is 2.31. The van der Waals surface area contributed by atoms with Crippen molar-refractivity contribution in [3.8, 4) is 5.75 Å². The number of thioether (sulfide) groups is 1. The Hall–Kier alpha value is -2.65. The van der Waals surface area contributed by atoms with Crippen molar-refractivity contribution < 1.29 is 13.9 Å². The lowest BCUT2D eigenvalue weighted by molar-refractivity contribution is -0.115. The van der Waals surface area contributed by atoms with Crippen molar-refractivity contribution in [1.29, 1.82) is 0 Å². The molecule has 0 aliphatic carbocycles. The molecule has 3 rings (SSSR count). The zero-order valence-corrected chi connectivity index (χ0v) is 16.7. The molecule has 2 aromatic carbocycles. The number of nitrogens with one attached hydrogen (secondary N) is 1. The minimum atomic E-state index is -0.542. The molecule has 10 heteroatoms. The third kappa shape index (κ3) is 4.99. The van der Waals surface area contributed by atoms with Crippen LogP contribution in [-0.4, -0.2) is 38.5 Å². The van der Waals surface area contributed by atoms with Gasteiger partial charge in [-0.1, -0.05) is 35.5 Å². The molecule has 3 aromatic rings. The predicted molar refractivity (Wildman–Crippen MR) is 105 cm³/mol. The van der Waals surface area contributed by atoms with Gasteiger partial charge in [-0.2, -0.15) is 0 Å². The van der Waals surface area contributed by atoms with Gasteiger partial charge in [0.2, 0.25) is 11.1 Å². The summed E-state index contributed by atoms with van der Waals surface area (Å²) in [5.74, 6) is -0.0484. The Labute approximate surface area is 170 Å². The van der Waals surface area contributed by atoms with E-state index in [1.807, 2.05) is 24.3 Å². The number of benzene rings is 2. The minimum Gasteiger partial charge on any atom is -0.497 e. The molecule has 1 heterocycles. The van der Waals surface area contributed by atoms with Crippen molar-refractivity contribution in [3.63, 3.8) is 0 Å². The molecule has 1 atom stereocenters. The van der Waals surface area contributed by atoms with Gasteiger partial charge in [0.15, 0.2) is 0 Å². The number of ether oxygens (including phenoxy) is 1. The largest absolute Gasteiger partial charge is 0.497 e. The van der Waals surface area contributed by atoms with Crippen LogP contribution in [0.3, 0.4) is 0 Å². The molecule has 0 spiro atoms. The van der Waals surface area contributed by atoms with E-state index in [1.54, 1.807) is 18.7 Å². The number of halogens is 2. The first kappa shape index (κ1) is 20.1. The normalized spacial score (nSPS) is 11.9. The summed E-state index contributed by atoms with van der Waals surface area (Å²) < 4.78 is 20.0. The van der Waals surface area contributed by atoms with Crippen molar-refractivity contribution in [2.45, 2.75) is 23.9 Å². The standard InChI is InChI=1S/C18H17ClFN5O2S/c1-11(17(26)21-13-5-8-16(20)15(19)9-13)28-18-22-23-24-25(18)10-12-3-6-14(27-2)7-4-12/h3-9,11H,10H2,1-2H3,(H,21,26). The molecular formula is C18H17ClFN5O2S. The fourth-order valence-corrected chi connectivity index (χ4v) is 3.28. The van der Waals surface area contributed by atoms with Crippen molar-refractivity contribution >= 4 is 35.0 Å². The van der Waals surface area contributed by atoms with Gasteiger partial charge < -0.3 is 10.1 Å². The number of carbonyl (C=O) groups is 1. The Balaban J connectivity index is 1.63. The molecule has 0 aliphatic heterocycles. The summed E-state index contributed by atoms with van der Waals surface area (Å²) in [5, 5.41) is 14.3. The lowest BCUT2D eigenvalue weighted by Crippen LogP contribution is -2.23. The molecule has 0 saturated carbocycles. The molecule has 0 aliphatic rings. The molecule has 0 saturated heterocycles. The smallest absolute Gasteiger partial charge is 0.237 e. The Bertz CT molecular complexity index is 967. The maximum absolute atomic E-state index is 13.2. The van der Waals surface area contributed by atoms with Gasteiger partial charge in [-0.3, -0.25) is 4.79 Å². The van der Waals surface area contributed by atoms with Gasteiger partial charge in [-0.25, -0.2) is 9.07 Å². The van der Waals surface area contributed by atoms with Crippen LogP contribution in [0.4, 0.5) is 10.1 Å². The maximum atomic E-state index is 13.2. The average Bonchev–Trinajstić information content (AvgIpc) is 3.12. The molecule has 1 unspecified atom stereocenters. The Morgan fingerprint density at radius 3 is 2.75 bits per heavy atom. The van der Waals surface area contributed by atoms with Crippen LogP contribution in [0.15, 0.2) is 47.6 Å². The number of rotatable bonds is 7. The molecule has 0 fully saturated rings. The first-order chi connectivity index (χ1) is 13.5. The lowest BCUT2D eigenvalue weighted by Gasteiger charge is -2.12. The van der Waals surface area contributed by atoms with Crippen molar-refractivity contribution in [2.75, 3.05) is 12.4 Å². The van der Waals surface area contributed by atoms with E-state index in [0.717, 1.165) is 11.3 Å². The number of nitrogens with zero attached hydrogens (tertiary/aromatic N) is 4. The van der Waals surface area contributed by atoms with Crippen LogP contribution in [0.1, 0.15) is 12.5 Å². The summed E-state index contributed by atoms with van der Waals surface area (Å²) in [6.07, 6.45) is 0. The summed E-state index contributed by atoms with van der Waals surface area (Å²) in [5.41, 5.74) is 1.41. The maximum Gasteiger partial charge on any atom is 0.237 e. The van der Waals surface area contributed by atoms with Crippen molar-refractivity contribution in [2.24, 2.45) is 0 Å². The predicted octanol–water partition coefficient (Wildman–Crippen LogP) is 3.64. The number of anilines is 1. The van der Waals surface area contributed by atoms with Crippen LogP contribution in [0.5, 0.6) is 5.75 Å². The Kier molecular flexibility index (Phi) is 6.48. The molecule has 28 heavy (non-hydrogen) atoms. The average molecular weight is 422 g/mol. The summed E-state index contributed by atoms with van der Waals surface area (Å²) in [4.78, 5) is 12.4. The van der Waals surface area contributed by atoms with Crippen LogP contribution in [0, 0.1) is 5.82 Å². The van der Waals surface area contributed by atoms with Gasteiger partial charge in [0.25, 0.3) is 0 Å². The SMILES string of the molecule is COc1ccc(Cn2nnnc2SC(C)C(=O)Nc2ccc(F)c(Cl)c2)cc1. The molecular weight excluding hydrogens is 405 g/mol. The quantitative estimate of drug-likeness (QED) is 0.586. The third-order valence-electron chi connectivity index (χ3n) is 3.83. The van der Waals surface area contributed by atoms with Gasteiger partial charge in [-0.05, 0) is 53.2 Å². The van der Waals surface area contributed by atoms with E-state index in [0.29, 0.717) is 17.4 Å². The first-order valence-electron chi connectivity index (χ1n) is 8.28. The van der Waals surface area contributed by atoms with E-state index in [2.05, 4.69) is 20.8 Å². The van der Waals surface area contributed by atoms with E-state index in [4.69, 9.17) is 16.3 Å². The first-order valence-corrected chi connectivity index (χ1v) is 9.53. The number of carbonyl (C=O) groups excluding carboxylic acids is 1. The third-order valence-corrected chi connectivity index (χ3v) is 5.19. The topological polar surface area (TPSA) is 81.9 Å². The van der Waals surface area contributed by atoms with E-state index < -0.39 is 11.1 Å². The van der Waals surface area contributed by atoms with Gasteiger partial charge in [0.1, 0.15) is 11.6 Å². The number of hydrogen-bond donors (Lipinski definition) is 1. The summed E-state index contributed by atoms with van der Waals surface area (Å²) in [7, 11) is 1.61. The van der Waals surface area contributed by atoms with Gasteiger partial charge >= 0.3 is 0 Å². The number of amides is 1. The fraction of sp³-hybridized carbons (Fsp3) is 0.222. The van der Waals surface area contributed by atoms with E-state index in [9.17, 15) is 9.18 Å². The molecule has 1 N–H and O–H groups in total. The molecule has 7 nitrogen and oxygen atoms in total. The second kappa shape index (κ2) is 9.03. The van der Waals surface area contributed by atoms with Crippen molar-refractivity contribution in [1.82, 2.24) is 20.2 Å². The minimum absolute atomic E-state index is 0.0541. The molecule has 0 radical (unpaired) electrons. The highest BCUT2D eigenvalue weighted by Crippen LogP contribution is 2.24. The number of methoxy groups -OCH3 is 1. The zero-order valence-electron chi connectivity index (χ0n) is 15.1. The van der Waals surface area contributed by atoms with Crippen LogP contribution in [-0.2, 0) is 11.3 Å². The van der Waals surface area contributed by atoms with Crippen LogP contribution in [0.25, 0.3) is 0 Å². The summed E-state index contributed by atoms with van der Waals surface area (Å²) in [6, 6.07) is 11.6. The summed E-state index contributed by atoms with van der Waals surface area (Å²) >= 11 is 6.96. The Morgan fingerprint density at radius 1 is 1.32 bits per heavy atom. The van der Waals surface area contributed by atoms with E-state index in [1.165, 1.54) is 30.0 Å². The highest BCUT2D eigenvalue weighted by atomic mass is 35.5.